The van der Waals surface area contributed by atoms with Crippen LogP contribution >= 0.6 is 11.9 Å². The van der Waals surface area contributed by atoms with Crippen molar-refractivity contribution in [1.29, 1.82) is 0 Å². The van der Waals surface area contributed by atoms with Crippen LogP contribution in [-0.2, 0) is 0 Å². The molecule has 0 heterocycles. The fraction of sp³-hybridized carbons (Fsp3) is 0.231. The summed E-state index contributed by atoms with van der Waals surface area (Å²) in [5, 5.41) is 0.765. The van der Waals surface area contributed by atoms with E-state index in [1.54, 1.807) is 24.1 Å². The van der Waals surface area contributed by atoms with Crippen LogP contribution in [0.5, 0.6) is 0 Å². The first-order valence-corrected chi connectivity index (χ1v) is 6.73. The molecule has 1 aromatic rings. The molecule has 0 aromatic heterocycles. The van der Waals surface area contributed by atoms with Gasteiger partial charge in [0.25, 0.3) is 0 Å². The quantitative estimate of drug-likeness (QED) is 0.481. The third kappa shape index (κ3) is 3.92. The maximum absolute atomic E-state index is 5.95. The van der Waals surface area contributed by atoms with E-state index in [1.807, 2.05) is 24.3 Å². The van der Waals surface area contributed by atoms with E-state index >= 15 is 0 Å². The molecule has 7 N–H and O–H groups in total. The molecule has 1 fully saturated rings. The molecule has 0 spiro atoms. The predicted molar refractivity (Wildman–Crippen MR) is 79.3 cm³/mol. The zero-order valence-corrected chi connectivity index (χ0v) is 10.9. The second-order valence-electron chi connectivity index (χ2n) is 4.29. The highest BCUT2D eigenvalue weighted by Crippen LogP contribution is 2.34. The Hall–Kier alpha value is -1.75. The van der Waals surface area contributed by atoms with Gasteiger partial charge in [-0.15, -0.1) is 0 Å². The van der Waals surface area contributed by atoms with Crippen LogP contribution in [0.3, 0.4) is 0 Å². The summed E-state index contributed by atoms with van der Waals surface area (Å²) in [5.74, 6) is 0.247. The fourth-order valence-corrected chi connectivity index (χ4v) is 2.18. The Bertz CT molecular complexity index is 474. The van der Waals surface area contributed by atoms with Crippen LogP contribution in [0.15, 0.2) is 42.2 Å². The van der Waals surface area contributed by atoms with Crippen LogP contribution in [0.2, 0.25) is 0 Å². The molecule has 0 saturated heterocycles. The van der Waals surface area contributed by atoms with Gasteiger partial charge in [-0.2, -0.15) is 0 Å². The summed E-state index contributed by atoms with van der Waals surface area (Å²) >= 11 is 1.77. The summed E-state index contributed by atoms with van der Waals surface area (Å²) in [5.41, 5.74) is 19.3. The zero-order valence-electron chi connectivity index (χ0n) is 10.1. The highest BCUT2D eigenvalue weighted by Gasteiger charge is 2.21. The summed E-state index contributed by atoms with van der Waals surface area (Å²) in [7, 11) is 0. The molecule has 1 aliphatic rings. The number of benzene rings is 1. The monoisotopic (exact) mass is 262 g/mol. The summed E-state index contributed by atoms with van der Waals surface area (Å²) in [6, 6.07) is 7.97. The third-order valence-corrected chi connectivity index (χ3v) is 3.68. The van der Waals surface area contributed by atoms with Gasteiger partial charge in [-0.05, 0) is 54.6 Å². The van der Waals surface area contributed by atoms with Crippen molar-refractivity contribution < 1.29 is 0 Å². The van der Waals surface area contributed by atoms with Crippen LogP contribution in [-0.4, -0.2) is 5.25 Å². The molecule has 0 atom stereocenters. The van der Waals surface area contributed by atoms with Gasteiger partial charge in [0.05, 0.1) is 5.82 Å². The van der Waals surface area contributed by atoms with Crippen molar-refractivity contribution in [3.63, 3.8) is 0 Å². The van der Waals surface area contributed by atoms with E-state index in [1.165, 1.54) is 12.8 Å². The molecular formula is C13H18N4S. The molecule has 0 aliphatic heterocycles. The number of rotatable bonds is 5. The lowest BCUT2D eigenvalue weighted by Crippen LogP contribution is -2.07. The molecule has 5 heteroatoms. The van der Waals surface area contributed by atoms with Gasteiger partial charge in [-0.25, -0.2) is 0 Å². The summed E-state index contributed by atoms with van der Waals surface area (Å²) in [6.45, 7) is 0. The number of nitrogens with two attached hydrogens (primary N) is 3. The van der Waals surface area contributed by atoms with Gasteiger partial charge in [0, 0.05) is 16.6 Å². The highest BCUT2D eigenvalue weighted by atomic mass is 32.2. The minimum Gasteiger partial charge on any atom is -0.398 e. The molecule has 0 radical (unpaired) electrons. The third-order valence-electron chi connectivity index (χ3n) is 2.52. The molecule has 4 nitrogen and oxygen atoms in total. The van der Waals surface area contributed by atoms with Gasteiger partial charge in [0.1, 0.15) is 0 Å². The Labute approximate surface area is 111 Å². The molecule has 1 saturated carbocycles. The normalized spacial score (nSPS) is 15.2. The molecule has 1 aromatic carbocycles. The fourth-order valence-electron chi connectivity index (χ4n) is 1.38. The van der Waals surface area contributed by atoms with E-state index in [9.17, 15) is 0 Å². The Kier molecular flexibility index (Phi) is 4.04. The molecule has 96 valence electrons. The largest absolute Gasteiger partial charge is 0.398 e. The number of allylic oxidation sites excluding steroid dienone is 2. The van der Waals surface area contributed by atoms with E-state index in [0.29, 0.717) is 5.70 Å². The molecule has 0 bridgehead atoms. The van der Waals surface area contributed by atoms with E-state index in [2.05, 4.69) is 4.72 Å². The van der Waals surface area contributed by atoms with Crippen molar-refractivity contribution in [3.05, 3.63) is 47.8 Å². The van der Waals surface area contributed by atoms with Crippen LogP contribution in [0.25, 0.3) is 5.70 Å². The average Bonchev–Trinajstić information content (AvgIpc) is 3.18. The minimum absolute atomic E-state index is 0.247. The Balaban J connectivity index is 2.05. The second kappa shape index (κ2) is 5.73. The van der Waals surface area contributed by atoms with E-state index in [4.69, 9.17) is 17.2 Å². The van der Waals surface area contributed by atoms with Gasteiger partial charge < -0.3 is 21.9 Å². The smallest absolute Gasteiger partial charge is 0.0934 e. The van der Waals surface area contributed by atoms with Crippen LogP contribution in [0.1, 0.15) is 18.4 Å². The van der Waals surface area contributed by atoms with E-state index < -0.39 is 0 Å². The van der Waals surface area contributed by atoms with Crippen LogP contribution < -0.4 is 21.9 Å². The number of hydrogen-bond acceptors (Lipinski definition) is 5. The van der Waals surface area contributed by atoms with Gasteiger partial charge in [0.2, 0.25) is 0 Å². The van der Waals surface area contributed by atoms with Crippen molar-refractivity contribution in [2.75, 3.05) is 4.72 Å². The lowest BCUT2D eigenvalue weighted by molar-refractivity contribution is 1.25. The van der Waals surface area contributed by atoms with Gasteiger partial charge in [0.15, 0.2) is 0 Å². The first kappa shape index (κ1) is 12.7. The number of anilines is 1. The molecule has 18 heavy (non-hydrogen) atoms. The van der Waals surface area contributed by atoms with E-state index in [0.717, 1.165) is 16.5 Å². The van der Waals surface area contributed by atoms with E-state index in [-0.39, 0.29) is 5.82 Å². The lowest BCUT2D eigenvalue weighted by atomic mass is 10.1. The van der Waals surface area contributed by atoms with Crippen molar-refractivity contribution >= 4 is 23.3 Å². The molecule has 1 aliphatic carbocycles. The van der Waals surface area contributed by atoms with Crippen LogP contribution in [0, 0.1) is 0 Å². The molecule has 0 unspecified atom stereocenters. The topological polar surface area (TPSA) is 90.1 Å². The molecule has 2 rings (SSSR count). The molecular weight excluding hydrogens is 244 g/mol. The maximum atomic E-state index is 5.95. The summed E-state index contributed by atoms with van der Waals surface area (Å²) in [6.07, 6.45) is 5.91. The summed E-state index contributed by atoms with van der Waals surface area (Å²) in [4.78, 5) is 0. The van der Waals surface area contributed by atoms with Gasteiger partial charge in [-0.1, -0.05) is 12.1 Å². The van der Waals surface area contributed by atoms with Crippen molar-refractivity contribution in [3.8, 4) is 0 Å². The average molecular weight is 262 g/mol. The van der Waals surface area contributed by atoms with Crippen molar-refractivity contribution in [2.24, 2.45) is 17.2 Å². The first-order valence-electron chi connectivity index (χ1n) is 5.85. The Morgan fingerprint density at radius 2 is 2.00 bits per heavy atom. The highest BCUT2D eigenvalue weighted by molar-refractivity contribution is 8.01. The summed E-state index contributed by atoms with van der Waals surface area (Å²) < 4.78 is 3.34. The number of nitrogens with one attached hydrogen (secondary N) is 1. The SMILES string of the molecule is NC(N)=C/C=C(\N)c1cccc(NSC2CC2)c1. The maximum Gasteiger partial charge on any atom is 0.0934 e. The second-order valence-corrected chi connectivity index (χ2v) is 5.40. The van der Waals surface area contributed by atoms with Crippen LogP contribution in [0.4, 0.5) is 5.69 Å². The lowest BCUT2D eigenvalue weighted by Gasteiger charge is -2.07. The standard InChI is InChI=1S/C13H18N4S/c14-12(6-7-13(15)16)9-2-1-3-10(8-9)17-18-11-4-5-11/h1-3,6-8,11,17H,4-5,14-16H2/b12-6-. The predicted octanol–water partition coefficient (Wildman–Crippen LogP) is 1.97. The first-order chi connectivity index (χ1) is 8.65. The van der Waals surface area contributed by atoms with Gasteiger partial charge in [-0.3, -0.25) is 0 Å². The minimum atomic E-state index is 0.247. The Morgan fingerprint density at radius 1 is 1.22 bits per heavy atom. The van der Waals surface area contributed by atoms with Crippen molar-refractivity contribution in [2.45, 2.75) is 18.1 Å². The van der Waals surface area contributed by atoms with Crippen molar-refractivity contribution in [1.82, 2.24) is 0 Å². The number of hydrogen-bond donors (Lipinski definition) is 4. The molecule has 0 amide bonds. The Morgan fingerprint density at radius 3 is 2.67 bits per heavy atom. The zero-order chi connectivity index (χ0) is 13.0. The van der Waals surface area contributed by atoms with Gasteiger partial charge >= 0.3 is 0 Å².